The standard InChI is InChI=1S/C25H30N6O2/c1-2-3-4-8-13-30-14-11-20-18(23(30)32)16-19-21(26-20)12-15-31(24(19)33)25-27-22(28-29-25)17-9-6-5-7-10-17/h11-12,14-17H,2-10,13H2,1H3,(H,27,28,29). The van der Waals surface area contributed by atoms with Gasteiger partial charge in [0.15, 0.2) is 0 Å². The average molecular weight is 447 g/mol. The maximum Gasteiger partial charge on any atom is 0.267 e. The third kappa shape index (κ3) is 4.21. The summed E-state index contributed by atoms with van der Waals surface area (Å²) in [5, 5.41) is 8.21. The number of aryl methyl sites for hydroxylation is 1. The van der Waals surface area contributed by atoms with Gasteiger partial charge in [-0.3, -0.25) is 14.7 Å². The zero-order valence-electron chi connectivity index (χ0n) is 19.1. The molecule has 4 aromatic heterocycles. The molecule has 1 N–H and O–H groups in total. The van der Waals surface area contributed by atoms with Crippen LogP contribution in [0.15, 0.2) is 40.2 Å². The number of fused-ring (bicyclic) bond motifs is 2. The average Bonchev–Trinajstić information content (AvgIpc) is 3.33. The van der Waals surface area contributed by atoms with Crippen molar-refractivity contribution in [1.82, 2.24) is 29.3 Å². The van der Waals surface area contributed by atoms with Gasteiger partial charge in [0, 0.05) is 24.9 Å². The van der Waals surface area contributed by atoms with Crippen LogP contribution in [0.4, 0.5) is 0 Å². The molecule has 1 aliphatic rings. The number of unbranched alkanes of at least 4 members (excludes halogenated alkanes) is 3. The third-order valence-electron chi connectivity index (χ3n) is 6.77. The number of nitrogens with zero attached hydrogens (tertiary/aromatic N) is 5. The molecule has 0 spiro atoms. The number of nitrogens with one attached hydrogen (secondary N) is 1. The fraction of sp³-hybridized carbons (Fsp3) is 0.480. The van der Waals surface area contributed by atoms with Gasteiger partial charge in [-0.1, -0.05) is 45.4 Å². The molecule has 0 amide bonds. The maximum atomic E-state index is 13.3. The van der Waals surface area contributed by atoms with E-state index in [0.717, 1.165) is 44.3 Å². The number of hydrogen-bond donors (Lipinski definition) is 1. The SMILES string of the molecule is CCCCCCn1ccc2nc3ccn(-c4n[nH]c(C5CCCCC5)n4)c(=O)c3cc2c1=O. The Labute approximate surface area is 191 Å². The van der Waals surface area contributed by atoms with Crippen molar-refractivity contribution in [2.45, 2.75) is 77.2 Å². The first kappa shape index (κ1) is 21.6. The van der Waals surface area contributed by atoms with Crippen LogP contribution in [0, 0.1) is 0 Å². The van der Waals surface area contributed by atoms with E-state index in [4.69, 9.17) is 0 Å². The molecule has 0 aromatic carbocycles. The third-order valence-corrected chi connectivity index (χ3v) is 6.77. The number of pyridine rings is 3. The number of H-pyrrole nitrogens is 1. The summed E-state index contributed by atoms with van der Waals surface area (Å²) in [7, 11) is 0. The number of aromatic nitrogens is 6. The van der Waals surface area contributed by atoms with Crippen LogP contribution in [-0.2, 0) is 6.54 Å². The molecular weight excluding hydrogens is 416 g/mol. The van der Waals surface area contributed by atoms with E-state index >= 15 is 0 Å². The zero-order valence-corrected chi connectivity index (χ0v) is 19.1. The van der Waals surface area contributed by atoms with Gasteiger partial charge < -0.3 is 4.57 Å². The van der Waals surface area contributed by atoms with E-state index in [1.54, 1.807) is 29.1 Å². The van der Waals surface area contributed by atoms with E-state index in [1.807, 2.05) is 6.07 Å². The van der Waals surface area contributed by atoms with Gasteiger partial charge in [-0.05, 0) is 37.5 Å². The second-order valence-electron chi connectivity index (χ2n) is 9.08. The van der Waals surface area contributed by atoms with E-state index in [2.05, 4.69) is 27.1 Å². The predicted octanol–water partition coefficient (Wildman–Crippen LogP) is 4.45. The van der Waals surface area contributed by atoms with Crippen molar-refractivity contribution in [2.24, 2.45) is 0 Å². The highest BCUT2D eigenvalue weighted by Crippen LogP contribution is 2.30. The highest BCUT2D eigenvalue weighted by atomic mass is 16.1. The summed E-state index contributed by atoms with van der Waals surface area (Å²) in [6.45, 7) is 2.84. The zero-order chi connectivity index (χ0) is 22.8. The monoisotopic (exact) mass is 446 g/mol. The van der Waals surface area contributed by atoms with Crippen molar-refractivity contribution >= 4 is 21.8 Å². The largest absolute Gasteiger partial charge is 0.315 e. The molecule has 0 atom stereocenters. The number of aromatic amines is 1. The Hall–Kier alpha value is -3.29. The molecule has 33 heavy (non-hydrogen) atoms. The molecular formula is C25H30N6O2. The predicted molar refractivity (Wildman–Crippen MR) is 129 cm³/mol. The van der Waals surface area contributed by atoms with Crippen molar-refractivity contribution in [2.75, 3.05) is 0 Å². The van der Waals surface area contributed by atoms with Crippen molar-refractivity contribution < 1.29 is 0 Å². The van der Waals surface area contributed by atoms with Crippen LogP contribution in [0.1, 0.15) is 76.5 Å². The van der Waals surface area contributed by atoms with E-state index in [1.165, 1.54) is 23.8 Å². The van der Waals surface area contributed by atoms with Gasteiger partial charge >= 0.3 is 0 Å². The molecule has 1 aliphatic carbocycles. The lowest BCUT2D eigenvalue weighted by atomic mass is 9.89. The molecule has 0 aliphatic heterocycles. The van der Waals surface area contributed by atoms with Gasteiger partial charge in [0.1, 0.15) is 5.82 Å². The van der Waals surface area contributed by atoms with Crippen LogP contribution in [-0.4, -0.2) is 29.3 Å². The Morgan fingerprint density at radius 1 is 0.939 bits per heavy atom. The Kier molecular flexibility index (Phi) is 6.07. The van der Waals surface area contributed by atoms with Crippen molar-refractivity contribution in [3.8, 4) is 5.95 Å². The van der Waals surface area contributed by atoms with E-state index in [-0.39, 0.29) is 11.1 Å². The molecule has 0 bridgehead atoms. The summed E-state index contributed by atoms with van der Waals surface area (Å²) in [6.07, 6.45) is 13.7. The summed E-state index contributed by atoms with van der Waals surface area (Å²) >= 11 is 0. The van der Waals surface area contributed by atoms with E-state index < -0.39 is 0 Å². The summed E-state index contributed by atoms with van der Waals surface area (Å²) < 4.78 is 3.16. The summed E-state index contributed by atoms with van der Waals surface area (Å²) in [5.74, 6) is 1.56. The molecule has 0 saturated heterocycles. The molecule has 0 unspecified atom stereocenters. The lowest BCUT2D eigenvalue weighted by Crippen LogP contribution is -2.22. The first-order valence-corrected chi connectivity index (χ1v) is 12.1. The van der Waals surface area contributed by atoms with Crippen LogP contribution in [0.3, 0.4) is 0 Å². The Bertz CT molecular complexity index is 1390. The fourth-order valence-corrected chi connectivity index (χ4v) is 4.84. The molecule has 0 radical (unpaired) electrons. The molecule has 8 nitrogen and oxygen atoms in total. The minimum Gasteiger partial charge on any atom is -0.315 e. The molecule has 4 aromatic rings. The van der Waals surface area contributed by atoms with Crippen molar-refractivity contribution in [3.05, 3.63) is 57.1 Å². The van der Waals surface area contributed by atoms with Crippen LogP contribution in [0.2, 0.25) is 0 Å². The maximum absolute atomic E-state index is 13.3. The summed E-state index contributed by atoms with van der Waals surface area (Å²) in [5.41, 5.74) is 0.790. The van der Waals surface area contributed by atoms with Crippen LogP contribution in [0.5, 0.6) is 0 Å². The highest BCUT2D eigenvalue weighted by Gasteiger charge is 2.20. The number of rotatable bonds is 7. The van der Waals surface area contributed by atoms with Gasteiger partial charge in [-0.25, -0.2) is 9.55 Å². The lowest BCUT2D eigenvalue weighted by Gasteiger charge is -2.18. The molecule has 5 rings (SSSR count). The molecule has 4 heterocycles. The van der Waals surface area contributed by atoms with Crippen molar-refractivity contribution in [3.63, 3.8) is 0 Å². The van der Waals surface area contributed by atoms with Crippen LogP contribution < -0.4 is 11.1 Å². The van der Waals surface area contributed by atoms with E-state index in [0.29, 0.717) is 40.2 Å². The summed E-state index contributed by atoms with van der Waals surface area (Å²) in [4.78, 5) is 35.6. The lowest BCUT2D eigenvalue weighted by molar-refractivity contribution is 0.429. The van der Waals surface area contributed by atoms with Gasteiger partial charge in [-0.2, -0.15) is 4.98 Å². The molecule has 8 heteroatoms. The first-order valence-electron chi connectivity index (χ1n) is 12.1. The summed E-state index contributed by atoms with van der Waals surface area (Å²) in [6, 6.07) is 5.31. The Balaban J connectivity index is 1.52. The van der Waals surface area contributed by atoms with Crippen LogP contribution >= 0.6 is 0 Å². The molecule has 172 valence electrons. The second kappa shape index (κ2) is 9.29. The Morgan fingerprint density at radius 2 is 1.70 bits per heavy atom. The molecule has 1 saturated carbocycles. The van der Waals surface area contributed by atoms with Crippen LogP contribution in [0.25, 0.3) is 27.8 Å². The minimum atomic E-state index is -0.270. The van der Waals surface area contributed by atoms with Gasteiger partial charge in [0.25, 0.3) is 17.1 Å². The smallest absolute Gasteiger partial charge is 0.267 e. The quantitative estimate of drug-likeness (QED) is 0.334. The second-order valence-corrected chi connectivity index (χ2v) is 9.08. The van der Waals surface area contributed by atoms with Gasteiger partial charge in [0.2, 0.25) is 0 Å². The first-order chi connectivity index (χ1) is 16.2. The Morgan fingerprint density at radius 3 is 2.48 bits per heavy atom. The van der Waals surface area contributed by atoms with Gasteiger partial charge in [-0.15, -0.1) is 5.10 Å². The topological polar surface area (TPSA) is 98.5 Å². The number of hydrogen-bond acceptors (Lipinski definition) is 5. The van der Waals surface area contributed by atoms with Crippen molar-refractivity contribution in [1.29, 1.82) is 0 Å². The fourth-order valence-electron chi connectivity index (χ4n) is 4.84. The highest BCUT2D eigenvalue weighted by molar-refractivity contribution is 5.91. The normalized spacial score (nSPS) is 14.9. The minimum absolute atomic E-state index is 0.106. The van der Waals surface area contributed by atoms with E-state index in [9.17, 15) is 9.59 Å². The molecule has 1 fully saturated rings. The van der Waals surface area contributed by atoms with Gasteiger partial charge in [0.05, 0.1) is 21.8 Å².